The second kappa shape index (κ2) is 12.5. The number of nitrogens with zero attached hydrogens (tertiary/aromatic N) is 3. The van der Waals surface area contributed by atoms with E-state index in [1.54, 1.807) is 0 Å². The van der Waals surface area contributed by atoms with Gasteiger partial charge in [0.05, 0.1) is 82.7 Å². The molecule has 3 aromatic heterocycles. The van der Waals surface area contributed by atoms with E-state index in [-0.39, 0.29) is 11.1 Å². The normalized spacial score (nSPS) is 19.7. The van der Waals surface area contributed by atoms with Crippen LogP contribution in [-0.2, 0) is 0 Å². The summed E-state index contributed by atoms with van der Waals surface area (Å²) in [4.78, 5) is 0. The first-order valence-electron chi connectivity index (χ1n) is 33.0. The maximum Gasteiger partial charge on any atom is 0.0782 e. The third kappa shape index (κ3) is 4.79. The molecule has 0 N–H and O–H groups in total. The molecule has 12 aromatic rings. The number of rotatable bonds is 5. The summed E-state index contributed by atoms with van der Waals surface area (Å²) in [6.07, 6.45) is 0. The summed E-state index contributed by atoms with van der Waals surface area (Å²) in [5.41, 5.74) is -7.88. The first kappa shape index (κ1) is 13.5. The fraction of sp³-hybridized carbons (Fsp3) is 0. The number of hydrogen-bond acceptors (Lipinski definition) is 0. The number of hydrogen-bond donors (Lipinski definition) is 0. The molecule has 0 saturated carbocycles. The monoisotopic (exact) mass is 757 g/mol. The fourth-order valence-corrected chi connectivity index (χ4v) is 7.28. The summed E-state index contributed by atoms with van der Waals surface area (Å²) in [7, 11) is 0. The molecule has 266 valence electrons. The molecule has 0 saturated heterocycles. The van der Waals surface area contributed by atoms with Gasteiger partial charge < -0.3 is 13.7 Å². The van der Waals surface area contributed by atoms with Crippen LogP contribution in [0.2, 0.25) is 0 Å². The molecule has 0 atom stereocenters. The highest BCUT2D eigenvalue weighted by atomic mass is 15.1. The highest BCUT2D eigenvalue weighted by molar-refractivity contribution is 6.16. The summed E-state index contributed by atoms with van der Waals surface area (Å²) in [5, 5.41) is -3.53. The van der Waals surface area contributed by atoms with Crippen molar-refractivity contribution in [3.63, 3.8) is 0 Å². The molecule has 0 radical (unpaired) electrons. The predicted octanol–water partition coefficient (Wildman–Crippen LogP) is 14.3. The molecule has 3 heterocycles. The van der Waals surface area contributed by atoms with E-state index in [0.29, 0.717) is 0 Å². The Hall–Kier alpha value is -7.62. The smallest absolute Gasteiger partial charge is 0.0782 e. The molecule has 9 aromatic carbocycles. The first-order valence-corrected chi connectivity index (χ1v) is 17.0. The van der Waals surface area contributed by atoms with E-state index >= 15 is 0 Å². The molecular weight excluding hydrogens is 691 g/mol. The summed E-state index contributed by atoms with van der Waals surface area (Å²) in [6, 6.07) is -25.6. The van der Waals surface area contributed by atoms with Gasteiger partial charge in [-0.2, -0.15) is 0 Å². The summed E-state index contributed by atoms with van der Waals surface area (Å²) < 4.78 is 294. The van der Waals surface area contributed by atoms with Crippen molar-refractivity contribution in [2.24, 2.45) is 0 Å². The van der Waals surface area contributed by atoms with Crippen molar-refractivity contribution in [2.75, 3.05) is 0 Å². The van der Waals surface area contributed by atoms with Crippen LogP contribution >= 0.6 is 0 Å². The summed E-state index contributed by atoms with van der Waals surface area (Å²) in [5.74, 6) is 0. The van der Waals surface area contributed by atoms with Crippen LogP contribution in [0.5, 0.6) is 0 Å². The van der Waals surface area contributed by atoms with Gasteiger partial charge in [-0.05, 0) is 88.8 Å². The lowest BCUT2D eigenvalue weighted by molar-refractivity contribution is 1.13. The number of aromatic nitrogens is 3. The minimum absolute atomic E-state index is 0.363. The van der Waals surface area contributed by atoms with Gasteiger partial charge in [-0.1, -0.05) is 145 Å². The maximum absolute atomic E-state index is 10.2. The van der Waals surface area contributed by atoms with Crippen LogP contribution in [-0.4, -0.2) is 13.7 Å². The standard InChI is InChI=1S/C54H35N3/c1-3-16-36(17-4-1)38-32-39(37-18-5-2-6-19-37)34-41(33-38)56-50-27-13-9-22-44(50)46-24-15-29-53(54(46)56)57-51-28-14-10-23-45(51)47-35-40(30-31-52(47)57)55-48-25-11-7-20-42(48)43-21-8-12-26-49(43)55/h1-35H/i1D,2D,3D,4D,5D,6D,7D,8D,9D,10D,11D,12D,13D,14D,15D,16D,17D,18D,19D,20D,21D,22D,23D,24D,25D,26D,27D,28D,29D,30D,31D,35D. The van der Waals surface area contributed by atoms with E-state index in [1.165, 1.54) is 0 Å². The van der Waals surface area contributed by atoms with Gasteiger partial charge in [0.25, 0.3) is 0 Å². The van der Waals surface area contributed by atoms with Crippen LogP contribution in [0.25, 0.3) is 105 Å². The van der Waals surface area contributed by atoms with Gasteiger partial charge in [0.1, 0.15) is 0 Å². The zero-order chi connectivity index (χ0) is 65.3. The maximum atomic E-state index is 10.2. The van der Waals surface area contributed by atoms with Crippen molar-refractivity contribution in [1.29, 1.82) is 0 Å². The van der Waals surface area contributed by atoms with Gasteiger partial charge in [0.2, 0.25) is 0 Å². The highest BCUT2D eigenvalue weighted by Gasteiger charge is 2.22. The zero-order valence-electron chi connectivity index (χ0n) is 60.6. The van der Waals surface area contributed by atoms with Crippen molar-refractivity contribution in [1.82, 2.24) is 13.7 Å². The molecule has 0 unspecified atom stereocenters. The summed E-state index contributed by atoms with van der Waals surface area (Å²) >= 11 is 0. The van der Waals surface area contributed by atoms with Crippen LogP contribution in [0.15, 0.2) is 212 Å². The Labute approximate surface area is 374 Å². The van der Waals surface area contributed by atoms with Crippen molar-refractivity contribution in [3.8, 4) is 39.3 Å². The predicted molar refractivity (Wildman–Crippen MR) is 240 cm³/mol. The molecule has 0 aliphatic heterocycles. The average molecular weight is 758 g/mol. The van der Waals surface area contributed by atoms with Crippen molar-refractivity contribution < 1.29 is 43.9 Å². The lowest BCUT2D eigenvalue weighted by atomic mass is 9.98. The molecule has 0 aliphatic rings. The largest absolute Gasteiger partial charge is 0.309 e. The molecule has 3 heteroatoms. The molecule has 57 heavy (non-hydrogen) atoms. The van der Waals surface area contributed by atoms with Crippen molar-refractivity contribution in [2.45, 2.75) is 0 Å². The Morgan fingerprint density at radius 3 is 1.30 bits per heavy atom. The van der Waals surface area contributed by atoms with E-state index in [1.807, 2.05) is 0 Å². The average Bonchev–Trinajstić information content (AvgIpc) is 1.53. The van der Waals surface area contributed by atoms with E-state index in [2.05, 4.69) is 0 Å². The Bertz CT molecular complexity index is 5180. The summed E-state index contributed by atoms with van der Waals surface area (Å²) in [6.45, 7) is 0. The van der Waals surface area contributed by atoms with E-state index < -0.39 is 287 Å². The zero-order valence-corrected chi connectivity index (χ0v) is 28.6. The van der Waals surface area contributed by atoms with Gasteiger partial charge in [-0.3, -0.25) is 0 Å². The van der Waals surface area contributed by atoms with Crippen LogP contribution in [0.1, 0.15) is 43.9 Å². The molecule has 0 fully saturated rings. The molecule has 12 rings (SSSR count). The number of para-hydroxylation sites is 5. The van der Waals surface area contributed by atoms with Gasteiger partial charge in [-0.15, -0.1) is 0 Å². The van der Waals surface area contributed by atoms with Gasteiger partial charge in [0, 0.05) is 43.7 Å². The second-order valence-electron chi connectivity index (χ2n) is 12.6. The van der Waals surface area contributed by atoms with Crippen LogP contribution in [0, 0.1) is 0 Å². The lowest BCUT2D eigenvalue weighted by Gasteiger charge is -2.17. The molecule has 0 bridgehead atoms. The fourth-order valence-electron chi connectivity index (χ4n) is 7.28. The van der Waals surface area contributed by atoms with Crippen LogP contribution < -0.4 is 0 Å². The molecule has 0 amide bonds. The third-order valence-electron chi connectivity index (χ3n) is 9.57. The molecule has 3 nitrogen and oxygen atoms in total. The molecular formula is C54H35N3. The SMILES string of the molecule is [2H]c1c([2H])c([2H])c(-c2cc(-c3c([2H])c([2H])c([2H])c([2H])c3[2H])cc(-n3c4c([2H])c([2H])c([2H])c([2H])c4c4c([2H])c([2H])c([2H])c(-n5c6c([2H])c([2H])c([2H])c([2H])c6c6c([2H])c(-n7c8c([2H])c([2H])c([2H])c([2H])c8c8c([2H])c([2H])c([2H])c([2H])c87)c([2H])c([2H])c65)c43)c2)c([2H])c1[2H]. The Morgan fingerprint density at radius 2 is 0.719 bits per heavy atom. The Morgan fingerprint density at radius 1 is 0.281 bits per heavy atom. The molecule has 0 spiro atoms. The topological polar surface area (TPSA) is 14.8 Å². The quantitative estimate of drug-likeness (QED) is 0.166. The van der Waals surface area contributed by atoms with E-state index in [9.17, 15) is 16.4 Å². The van der Waals surface area contributed by atoms with Crippen molar-refractivity contribution >= 4 is 65.4 Å². The van der Waals surface area contributed by atoms with E-state index in [4.69, 9.17) is 27.4 Å². The van der Waals surface area contributed by atoms with Gasteiger partial charge in [0.15, 0.2) is 0 Å². The van der Waals surface area contributed by atoms with E-state index in [0.717, 1.165) is 31.9 Å². The second-order valence-corrected chi connectivity index (χ2v) is 12.6. The molecule has 0 aliphatic carbocycles. The first-order chi connectivity index (χ1) is 41.6. The van der Waals surface area contributed by atoms with Gasteiger partial charge >= 0.3 is 0 Å². The number of fused-ring (bicyclic) bond motifs is 9. The highest BCUT2D eigenvalue weighted by Crippen LogP contribution is 2.42. The minimum Gasteiger partial charge on any atom is -0.309 e. The van der Waals surface area contributed by atoms with Crippen molar-refractivity contribution in [3.05, 3.63) is 212 Å². The Kier molecular flexibility index (Phi) is 2.96. The van der Waals surface area contributed by atoms with Crippen LogP contribution in [0.4, 0.5) is 0 Å². The lowest BCUT2D eigenvalue weighted by Crippen LogP contribution is -2.01. The van der Waals surface area contributed by atoms with Gasteiger partial charge in [-0.25, -0.2) is 0 Å². The Balaban J connectivity index is 1.37. The third-order valence-corrected chi connectivity index (χ3v) is 9.57. The number of benzene rings is 9. The van der Waals surface area contributed by atoms with Crippen LogP contribution in [0.3, 0.4) is 0 Å². The minimum atomic E-state index is -1.08.